The number of ether oxygens (including phenoxy) is 1. The van der Waals surface area contributed by atoms with Gasteiger partial charge in [-0.1, -0.05) is 40.5 Å². The minimum atomic E-state index is 0.0359. The number of rotatable bonds is 3. The zero-order chi connectivity index (χ0) is 12.6. The molecule has 0 aromatic rings. The van der Waals surface area contributed by atoms with E-state index in [4.69, 9.17) is 4.74 Å². The highest BCUT2D eigenvalue weighted by Gasteiger charge is 2.49. The smallest absolute Gasteiger partial charge is 0.309 e. The van der Waals surface area contributed by atoms with Crippen molar-refractivity contribution in [2.75, 3.05) is 0 Å². The summed E-state index contributed by atoms with van der Waals surface area (Å²) in [7, 11) is 0. The topological polar surface area (TPSA) is 26.3 Å². The molecule has 4 atom stereocenters. The minimum Gasteiger partial charge on any atom is -0.462 e. The fourth-order valence-electron chi connectivity index (χ4n) is 4.17. The first-order valence-electron chi connectivity index (χ1n) is 7.22. The molecule has 2 nitrogen and oxygen atoms in total. The summed E-state index contributed by atoms with van der Waals surface area (Å²) in [6.45, 7) is 9.01. The Balaban J connectivity index is 2.10. The summed E-state index contributed by atoms with van der Waals surface area (Å²) in [6, 6.07) is 0. The van der Waals surface area contributed by atoms with Crippen LogP contribution in [0.5, 0.6) is 0 Å². The van der Waals surface area contributed by atoms with E-state index in [1.165, 1.54) is 25.7 Å². The van der Waals surface area contributed by atoms with E-state index in [2.05, 4.69) is 20.8 Å². The third-order valence-electron chi connectivity index (χ3n) is 5.45. The van der Waals surface area contributed by atoms with Gasteiger partial charge in [0, 0.05) is 5.92 Å². The van der Waals surface area contributed by atoms with Crippen molar-refractivity contribution in [3.8, 4) is 0 Å². The summed E-state index contributed by atoms with van der Waals surface area (Å²) < 4.78 is 5.57. The van der Waals surface area contributed by atoms with Gasteiger partial charge in [0.15, 0.2) is 0 Å². The van der Waals surface area contributed by atoms with E-state index >= 15 is 0 Å². The van der Waals surface area contributed by atoms with Gasteiger partial charge in [-0.2, -0.15) is 0 Å². The molecule has 0 bridgehead atoms. The maximum absolute atomic E-state index is 11.6. The third kappa shape index (κ3) is 2.11. The molecule has 0 radical (unpaired) electrons. The lowest BCUT2D eigenvalue weighted by molar-refractivity contribution is -0.145. The van der Waals surface area contributed by atoms with Gasteiger partial charge in [-0.3, -0.25) is 4.79 Å². The fraction of sp³-hybridized carbons (Fsp3) is 0.933. The largest absolute Gasteiger partial charge is 0.462 e. The number of carbonyl (C=O) groups is 1. The fourth-order valence-corrected chi connectivity index (χ4v) is 4.17. The van der Waals surface area contributed by atoms with Crippen LogP contribution in [0, 0.1) is 23.2 Å². The molecule has 2 aliphatic rings. The van der Waals surface area contributed by atoms with Gasteiger partial charge >= 0.3 is 5.97 Å². The van der Waals surface area contributed by atoms with Crippen molar-refractivity contribution in [2.45, 2.75) is 65.9 Å². The number of carbonyl (C=O) groups excluding carboxylic acids is 1. The first-order chi connectivity index (χ1) is 8.01. The van der Waals surface area contributed by atoms with E-state index in [0.29, 0.717) is 11.3 Å². The SMILES string of the molecule is CCC(CC)C1(C)CC[C@@H]2C(C1)OC(=O)C2C. The summed E-state index contributed by atoms with van der Waals surface area (Å²) in [5.41, 5.74) is 0.384. The Hall–Kier alpha value is -0.530. The van der Waals surface area contributed by atoms with Gasteiger partial charge in [0.05, 0.1) is 5.92 Å². The van der Waals surface area contributed by atoms with Crippen molar-refractivity contribution < 1.29 is 9.53 Å². The van der Waals surface area contributed by atoms with E-state index < -0.39 is 0 Å². The van der Waals surface area contributed by atoms with Crippen LogP contribution < -0.4 is 0 Å². The van der Waals surface area contributed by atoms with E-state index in [1.54, 1.807) is 0 Å². The normalized spacial score (nSPS) is 41.5. The molecule has 2 rings (SSSR count). The molecule has 0 aromatic heterocycles. The average Bonchev–Trinajstić information content (AvgIpc) is 2.55. The van der Waals surface area contributed by atoms with E-state index in [9.17, 15) is 4.79 Å². The first-order valence-corrected chi connectivity index (χ1v) is 7.22. The Labute approximate surface area is 105 Å². The summed E-state index contributed by atoms with van der Waals surface area (Å²) in [5, 5.41) is 0. The van der Waals surface area contributed by atoms with Crippen LogP contribution in [-0.2, 0) is 9.53 Å². The molecule has 2 fully saturated rings. The average molecular weight is 238 g/mol. The van der Waals surface area contributed by atoms with Crippen LogP contribution in [0.25, 0.3) is 0 Å². The molecule has 2 heteroatoms. The first kappa shape index (κ1) is 12.9. The van der Waals surface area contributed by atoms with Gasteiger partial charge in [-0.15, -0.1) is 0 Å². The molecule has 1 heterocycles. The zero-order valence-corrected chi connectivity index (χ0v) is 11.7. The van der Waals surface area contributed by atoms with Crippen LogP contribution in [0.15, 0.2) is 0 Å². The van der Waals surface area contributed by atoms with Gasteiger partial charge in [-0.25, -0.2) is 0 Å². The summed E-state index contributed by atoms with van der Waals surface area (Å²) in [6.07, 6.45) is 6.21. The van der Waals surface area contributed by atoms with Gasteiger partial charge in [-0.05, 0) is 30.6 Å². The van der Waals surface area contributed by atoms with Gasteiger partial charge < -0.3 is 4.74 Å². The molecule has 0 amide bonds. The van der Waals surface area contributed by atoms with E-state index in [0.717, 1.165) is 12.3 Å². The lowest BCUT2D eigenvalue weighted by atomic mass is 9.61. The van der Waals surface area contributed by atoms with Crippen LogP contribution in [0.1, 0.15) is 59.8 Å². The number of hydrogen-bond acceptors (Lipinski definition) is 2. The van der Waals surface area contributed by atoms with E-state index in [-0.39, 0.29) is 18.0 Å². The predicted molar refractivity (Wildman–Crippen MR) is 68.6 cm³/mol. The highest BCUT2D eigenvalue weighted by Crippen LogP contribution is 2.51. The molecule has 1 aliphatic carbocycles. The molecule has 3 unspecified atom stereocenters. The molecular weight excluding hydrogens is 212 g/mol. The molecule has 1 aliphatic heterocycles. The third-order valence-corrected chi connectivity index (χ3v) is 5.45. The second kappa shape index (κ2) is 4.62. The Morgan fingerprint density at radius 2 is 2.06 bits per heavy atom. The molecule has 0 N–H and O–H groups in total. The zero-order valence-electron chi connectivity index (χ0n) is 11.7. The molecule has 0 aromatic carbocycles. The van der Waals surface area contributed by atoms with Crippen molar-refractivity contribution in [1.82, 2.24) is 0 Å². The van der Waals surface area contributed by atoms with Crippen LogP contribution in [0.3, 0.4) is 0 Å². The van der Waals surface area contributed by atoms with Gasteiger partial charge in [0.1, 0.15) is 6.10 Å². The van der Waals surface area contributed by atoms with Crippen LogP contribution in [0.4, 0.5) is 0 Å². The summed E-state index contributed by atoms with van der Waals surface area (Å²) in [5.74, 6) is 1.43. The van der Waals surface area contributed by atoms with Gasteiger partial charge in [0.25, 0.3) is 0 Å². The Morgan fingerprint density at radius 3 is 2.65 bits per heavy atom. The molecular formula is C15H26O2. The lowest BCUT2D eigenvalue weighted by Gasteiger charge is -2.44. The van der Waals surface area contributed by atoms with E-state index in [1.807, 2.05) is 6.92 Å². The Kier molecular flexibility index (Phi) is 3.51. The van der Waals surface area contributed by atoms with Gasteiger partial charge in [0.2, 0.25) is 0 Å². The molecule has 1 saturated carbocycles. The maximum atomic E-state index is 11.6. The summed E-state index contributed by atoms with van der Waals surface area (Å²) >= 11 is 0. The maximum Gasteiger partial charge on any atom is 0.309 e. The quantitative estimate of drug-likeness (QED) is 0.699. The van der Waals surface area contributed by atoms with Crippen LogP contribution in [0.2, 0.25) is 0 Å². The minimum absolute atomic E-state index is 0.0359. The van der Waals surface area contributed by atoms with Crippen LogP contribution >= 0.6 is 0 Å². The molecule has 17 heavy (non-hydrogen) atoms. The van der Waals surface area contributed by atoms with Crippen LogP contribution in [-0.4, -0.2) is 12.1 Å². The Morgan fingerprint density at radius 1 is 1.41 bits per heavy atom. The number of esters is 1. The Bertz CT molecular complexity index is 295. The van der Waals surface area contributed by atoms with Crippen molar-refractivity contribution in [2.24, 2.45) is 23.2 Å². The monoisotopic (exact) mass is 238 g/mol. The van der Waals surface area contributed by atoms with Crippen molar-refractivity contribution in [3.63, 3.8) is 0 Å². The van der Waals surface area contributed by atoms with Crippen molar-refractivity contribution in [3.05, 3.63) is 0 Å². The lowest BCUT2D eigenvalue weighted by Crippen LogP contribution is -2.39. The standard InChI is InChI=1S/C15H26O2/c1-5-11(6-2)15(4)8-7-12-10(3)14(16)17-13(12)9-15/h10-13H,5-9H2,1-4H3/t10?,12-,13?,15?/m0/s1. The number of fused-ring (bicyclic) bond motifs is 1. The second-order valence-electron chi connectivity index (χ2n) is 6.34. The predicted octanol–water partition coefficient (Wildman–Crippen LogP) is 3.79. The van der Waals surface area contributed by atoms with Crippen molar-refractivity contribution >= 4 is 5.97 Å². The van der Waals surface area contributed by atoms with Crippen molar-refractivity contribution in [1.29, 1.82) is 0 Å². The summed E-state index contributed by atoms with van der Waals surface area (Å²) in [4.78, 5) is 11.6. The number of hydrogen-bond donors (Lipinski definition) is 0. The highest BCUT2D eigenvalue weighted by molar-refractivity contribution is 5.74. The second-order valence-corrected chi connectivity index (χ2v) is 6.34. The molecule has 1 saturated heterocycles. The highest BCUT2D eigenvalue weighted by atomic mass is 16.6. The molecule has 0 spiro atoms. The molecule has 98 valence electrons.